The average molecular weight is 232 g/mol. The van der Waals surface area contributed by atoms with Gasteiger partial charge < -0.3 is 10.2 Å². The monoisotopic (exact) mass is 232 g/mol. The van der Waals surface area contributed by atoms with Crippen molar-refractivity contribution in [3.05, 3.63) is 48.0 Å². The van der Waals surface area contributed by atoms with E-state index in [4.69, 9.17) is 0 Å². The summed E-state index contributed by atoms with van der Waals surface area (Å²) in [5, 5.41) is 2.90. The van der Waals surface area contributed by atoms with E-state index in [9.17, 15) is 4.79 Å². The first-order valence-electron chi connectivity index (χ1n) is 5.77. The molecule has 0 aliphatic carbocycles. The smallest absolute Gasteiger partial charge is 0.243 e. The quantitative estimate of drug-likeness (QED) is 0.787. The lowest BCUT2D eigenvalue weighted by Crippen LogP contribution is -2.33. The average Bonchev–Trinajstić information content (AvgIpc) is 2.30. The number of nitrogens with zero attached hydrogens (tertiary/aromatic N) is 1. The van der Waals surface area contributed by atoms with E-state index >= 15 is 0 Å². The minimum absolute atomic E-state index is 0.0460. The molecule has 0 radical (unpaired) electrons. The van der Waals surface area contributed by atoms with Crippen molar-refractivity contribution in [1.29, 1.82) is 0 Å². The van der Waals surface area contributed by atoms with Gasteiger partial charge in [0.15, 0.2) is 0 Å². The highest BCUT2D eigenvalue weighted by Gasteiger charge is 2.13. The molecule has 0 aliphatic heterocycles. The summed E-state index contributed by atoms with van der Waals surface area (Å²) in [6.45, 7) is 2.44. The van der Waals surface area contributed by atoms with Crippen LogP contribution in [0.1, 0.15) is 18.5 Å². The van der Waals surface area contributed by atoms with Crippen molar-refractivity contribution in [2.45, 2.75) is 13.0 Å². The van der Waals surface area contributed by atoms with Crippen LogP contribution in [0.25, 0.3) is 0 Å². The summed E-state index contributed by atoms with van der Waals surface area (Å²) in [4.78, 5) is 13.5. The Morgan fingerprint density at radius 1 is 1.35 bits per heavy atom. The highest BCUT2D eigenvalue weighted by atomic mass is 16.1. The molecule has 0 saturated heterocycles. The number of carbonyl (C=O) groups is 1. The molecule has 1 amide bonds. The maximum atomic E-state index is 11.4. The Hall–Kier alpha value is -1.61. The molecular formula is C14H20N2O. The van der Waals surface area contributed by atoms with Crippen LogP contribution in [0.4, 0.5) is 0 Å². The largest absolute Gasteiger partial charge is 0.351 e. The molecule has 17 heavy (non-hydrogen) atoms. The Balaban J connectivity index is 2.65. The first-order valence-corrected chi connectivity index (χ1v) is 5.77. The Bertz CT molecular complexity index is 371. The van der Waals surface area contributed by atoms with Gasteiger partial charge in [-0.3, -0.25) is 4.79 Å². The normalized spacial score (nSPS) is 12.9. The number of carbonyl (C=O) groups excluding carboxylic acids is 1. The number of hydrogen-bond donors (Lipinski definition) is 1. The lowest BCUT2D eigenvalue weighted by atomic mass is 10.1. The number of likely N-dealkylation sites (N-methyl/N-ethyl adjacent to an activating group) is 1. The van der Waals surface area contributed by atoms with Crippen LogP contribution in [0.2, 0.25) is 0 Å². The van der Waals surface area contributed by atoms with E-state index < -0.39 is 0 Å². The molecule has 1 N–H and O–H groups in total. The highest BCUT2D eigenvalue weighted by molar-refractivity contribution is 5.87. The van der Waals surface area contributed by atoms with Crippen molar-refractivity contribution in [1.82, 2.24) is 10.2 Å². The van der Waals surface area contributed by atoms with Gasteiger partial charge in [0, 0.05) is 6.54 Å². The minimum atomic E-state index is -0.0460. The van der Waals surface area contributed by atoms with Crippen LogP contribution in [0.5, 0.6) is 0 Å². The van der Waals surface area contributed by atoms with E-state index in [1.165, 1.54) is 11.6 Å². The molecule has 0 saturated carbocycles. The van der Waals surface area contributed by atoms with Crippen molar-refractivity contribution in [3.8, 4) is 0 Å². The van der Waals surface area contributed by atoms with Gasteiger partial charge >= 0.3 is 0 Å². The van der Waals surface area contributed by atoms with Crippen LogP contribution in [0.3, 0.4) is 0 Å². The molecule has 1 rings (SSSR count). The Morgan fingerprint density at radius 2 is 2.00 bits per heavy atom. The third-order valence-electron chi connectivity index (χ3n) is 2.60. The first-order chi connectivity index (χ1) is 8.15. The van der Waals surface area contributed by atoms with Gasteiger partial charge in [0.1, 0.15) is 0 Å². The van der Waals surface area contributed by atoms with Crippen molar-refractivity contribution in [2.75, 3.05) is 20.6 Å². The van der Waals surface area contributed by atoms with Crippen LogP contribution in [-0.2, 0) is 4.79 Å². The van der Waals surface area contributed by atoms with Crippen LogP contribution in [0.15, 0.2) is 42.5 Å². The predicted octanol–water partition coefficient (Wildman–Crippen LogP) is 1.98. The number of rotatable bonds is 5. The summed E-state index contributed by atoms with van der Waals surface area (Å²) in [5.74, 6) is -0.0460. The highest BCUT2D eigenvalue weighted by Crippen LogP contribution is 2.16. The SMILES string of the molecule is C/C=C\C(=O)NC[C@H](c1ccccc1)N(C)C. The maximum absolute atomic E-state index is 11.4. The number of benzene rings is 1. The summed E-state index contributed by atoms with van der Waals surface area (Å²) in [7, 11) is 4.03. The van der Waals surface area contributed by atoms with Crippen LogP contribution >= 0.6 is 0 Å². The van der Waals surface area contributed by atoms with Gasteiger partial charge in [0.05, 0.1) is 6.04 Å². The van der Waals surface area contributed by atoms with E-state index in [-0.39, 0.29) is 11.9 Å². The Kier molecular flexibility index (Phi) is 5.43. The van der Waals surface area contributed by atoms with E-state index in [0.29, 0.717) is 6.54 Å². The second kappa shape index (κ2) is 6.86. The zero-order valence-corrected chi connectivity index (χ0v) is 10.7. The van der Waals surface area contributed by atoms with Crippen LogP contribution in [-0.4, -0.2) is 31.4 Å². The topological polar surface area (TPSA) is 32.3 Å². The fourth-order valence-corrected chi connectivity index (χ4v) is 1.68. The molecule has 3 nitrogen and oxygen atoms in total. The predicted molar refractivity (Wildman–Crippen MR) is 70.7 cm³/mol. The van der Waals surface area contributed by atoms with E-state index in [0.717, 1.165) is 0 Å². The molecule has 0 bridgehead atoms. The van der Waals surface area contributed by atoms with Gasteiger partial charge in [0.25, 0.3) is 0 Å². The maximum Gasteiger partial charge on any atom is 0.243 e. The van der Waals surface area contributed by atoms with Gasteiger partial charge in [0.2, 0.25) is 5.91 Å². The molecular weight excluding hydrogens is 212 g/mol. The van der Waals surface area contributed by atoms with E-state index in [1.807, 2.05) is 39.2 Å². The molecule has 0 heterocycles. The van der Waals surface area contributed by atoms with E-state index in [1.54, 1.807) is 6.08 Å². The van der Waals surface area contributed by atoms with Crippen molar-refractivity contribution >= 4 is 5.91 Å². The lowest BCUT2D eigenvalue weighted by Gasteiger charge is -2.24. The molecule has 0 unspecified atom stereocenters. The second-order valence-electron chi connectivity index (χ2n) is 4.14. The molecule has 92 valence electrons. The summed E-state index contributed by atoms with van der Waals surface area (Å²) >= 11 is 0. The van der Waals surface area contributed by atoms with Crippen LogP contribution in [0, 0.1) is 0 Å². The third-order valence-corrected chi connectivity index (χ3v) is 2.60. The molecule has 1 aromatic rings. The molecule has 0 aliphatic rings. The summed E-state index contributed by atoms with van der Waals surface area (Å²) in [6, 6.07) is 10.4. The summed E-state index contributed by atoms with van der Waals surface area (Å²) in [6.07, 6.45) is 3.28. The van der Waals surface area contributed by atoms with Gasteiger partial charge in [-0.1, -0.05) is 36.4 Å². The lowest BCUT2D eigenvalue weighted by molar-refractivity contribution is -0.116. The molecule has 0 fully saturated rings. The van der Waals surface area contributed by atoms with Gasteiger partial charge in [-0.25, -0.2) is 0 Å². The first kappa shape index (κ1) is 13.5. The second-order valence-corrected chi connectivity index (χ2v) is 4.14. The minimum Gasteiger partial charge on any atom is -0.351 e. The number of allylic oxidation sites excluding steroid dienone is 1. The number of hydrogen-bond acceptors (Lipinski definition) is 2. The van der Waals surface area contributed by atoms with Gasteiger partial charge in [-0.15, -0.1) is 0 Å². The van der Waals surface area contributed by atoms with Crippen molar-refractivity contribution in [3.63, 3.8) is 0 Å². The molecule has 0 spiro atoms. The van der Waals surface area contributed by atoms with Crippen molar-refractivity contribution in [2.24, 2.45) is 0 Å². The molecule has 1 atom stereocenters. The van der Waals surface area contributed by atoms with Gasteiger partial charge in [-0.05, 0) is 32.7 Å². The van der Waals surface area contributed by atoms with E-state index in [2.05, 4.69) is 22.3 Å². The number of amides is 1. The molecule has 0 aromatic heterocycles. The molecule has 1 aromatic carbocycles. The Labute approximate surface area is 103 Å². The fraction of sp³-hybridized carbons (Fsp3) is 0.357. The molecule has 3 heteroatoms. The zero-order chi connectivity index (χ0) is 12.7. The van der Waals surface area contributed by atoms with Crippen LogP contribution < -0.4 is 5.32 Å². The summed E-state index contributed by atoms with van der Waals surface area (Å²) in [5.41, 5.74) is 1.21. The van der Waals surface area contributed by atoms with Crippen molar-refractivity contribution < 1.29 is 4.79 Å². The zero-order valence-electron chi connectivity index (χ0n) is 10.7. The fourth-order valence-electron chi connectivity index (χ4n) is 1.68. The third kappa shape index (κ3) is 4.41. The number of nitrogens with one attached hydrogen (secondary N) is 1. The van der Waals surface area contributed by atoms with Gasteiger partial charge in [-0.2, -0.15) is 0 Å². The summed E-state index contributed by atoms with van der Waals surface area (Å²) < 4.78 is 0. The Morgan fingerprint density at radius 3 is 2.53 bits per heavy atom. The standard InChI is InChI=1S/C14H20N2O/c1-4-8-14(17)15-11-13(16(2)3)12-9-6-5-7-10-12/h4-10,13H,11H2,1-3H3,(H,15,17)/b8-4-/t13-/m1/s1.